The average molecular weight is 268 g/mol. The summed E-state index contributed by atoms with van der Waals surface area (Å²) >= 11 is 0. The molecule has 4 rings (SSSR count). The van der Waals surface area contributed by atoms with Crippen LogP contribution in [0.3, 0.4) is 0 Å². The number of nitrogens with zero attached hydrogens (tertiary/aromatic N) is 1. The predicted molar refractivity (Wildman–Crippen MR) is 79.4 cm³/mol. The van der Waals surface area contributed by atoms with E-state index in [0.717, 1.165) is 38.1 Å². The minimum absolute atomic E-state index is 0.274. The molecular weight excluding hydrogens is 248 g/mol. The number of likely N-dealkylation sites (tertiary alicyclic amines) is 1. The molecule has 1 aliphatic carbocycles. The van der Waals surface area contributed by atoms with E-state index < -0.39 is 0 Å². The zero-order chi connectivity index (χ0) is 13.7. The van der Waals surface area contributed by atoms with Crippen LogP contribution in [0.5, 0.6) is 0 Å². The number of rotatable bonds is 2. The topological polar surface area (TPSA) is 36.1 Å². The van der Waals surface area contributed by atoms with E-state index in [4.69, 9.17) is 0 Å². The number of benzene rings is 1. The van der Waals surface area contributed by atoms with E-state index in [1.165, 1.54) is 22.2 Å². The largest absolute Gasteiger partial charge is 0.358 e. The van der Waals surface area contributed by atoms with Crippen LogP contribution in [0.1, 0.15) is 37.1 Å². The van der Waals surface area contributed by atoms with Crippen molar-refractivity contribution in [1.29, 1.82) is 0 Å². The molecule has 3 heteroatoms. The molecule has 2 aromatic rings. The van der Waals surface area contributed by atoms with Crippen LogP contribution < -0.4 is 0 Å². The normalized spacial score (nSPS) is 28.4. The number of aromatic amines is 1. The van der Waals surface area contributed by atoms with Gasteiger partial charge in [-0.1, -0.05) is 31.5 Å². The molecular formula is C17H20N2O. The number of fused-ring (bicyclic) bond motifs is 6. The van der Waals surface area contributed by atoms with E-state index in [0.29, 0.717) is 5.92 Å². The molecule has 0 radical (unpaired) electrons. The van der Waals surface area contributed by atoms with E-state index in [2.05, 4.69) is 36.2 Å². The zero-order valence-corrected chi connectivity index (χ0v) is 11.8. The quantitative estimate of drug-likeness (QED) is 0.834. The summed E-state index contributed by atoms with van der Waals surface area (Å²) in [7, 11) is 0. The number of piperidine rings is 1. The van der Waals surface area contributed by atoms with Gasteiger partial charge in [-0.05, 0) is 30.7 Å². The van der Waals surface area contributed by atoms with Gasteiger partial charge in [-0.25, -0.2) is 0 Å². The second kappa shape index (κ2) is 4.37. The Morgan fingerprint density at radius 1 is 1.40 bits per heavy atom. The molecule has 20 heavy (non-hydrogen) atoms. The second-order valence-corrected chi connectivity index (χ2v) is 6.18. The first-order valence-corrected chi connectivity index (χ1v) is 7.64. The average Bonchev–Trinajstić information content (AvgIpc) is 2.84. The molecule has 1 aliphatic heterocycles. The van der Waals surface area contributed by atoms with E-state index in [-0.39, 0.29) is 6.04 Å². The van der Waals surface area contributed by atoms with Crippen molar-refractivity contribution in [1.82, 2.24) is 9.88 Å². The van der Waals surface area contributed by atoms with E-state index in [1.807, 2.05) is 4.90 Å². The van der Waals surface area contributed by atoms with Crippen LogP contribution in [0, 0.1) is 11.8 Å². The number of amides is 1. The molecule has 0 unspecified atom stereocenters. The van der Waals surface area contributed by atoms with Gasteiger partial charge in [0.2, 0.25) is 6.41 Å². The molecule has 2 heterocycles. The number of aromatic nitrogens is 1. The fourth-order valence-corrected chi connectivity index (χ4v) is 4.46. The number of para-hydroxylation sites is 1. The summed E-state index contributed by atoms with van der Waals surface area (Å²) in [5.74, 6) is 1.34. The highest BCUT2D eigenvalue weighted by molar-refractivity contribution is 5.85. The van der Waals surface area contributed by atoms with Gasteiger partial charge in [0.15, 0.2) is 0 Å². The van der Waals surface area contributed by atoms with Crippen LogP contribution >= 0.6 is 0 Å². The highest BCUT2D eigenvalue weighted by Crippen LogP contribution is 2.49. The molecule has 2 bridgehead atoms. The van der Waals surface area contributed by atoms with Gasteiger partial charge in [-0.3, -0.25) is 4.79 Å². The van der Waals surface area contributed by atoms with Crippen molar-refractivity contribution in [2.75, 3.05) is 6.54 Å². The molecule has 1 amide bonds. The van der Waals surface area contributed by atoms with Crippen LogP contribution in [0.25, 0.3) is 10.9 Å². The number of H-pyrrole nitrogens is 1. The predicted octanol–water partition coefficient (Wildman–Crippen LogP) is 3.27. The van der Waals surface area contributed by atoms with Gasteiger partial charge < -0.3 is 9.88 Å². The van der Waals surface area contributed by atoms with Gasteiger partial charge in [-0.2, -0.15) is 0 Å². The third-order valence-electron chi connectivity index (χ3n) is 5.32. The SMILES string of the molecule is CC[C@H]1[C@@H]2CCN(C=O)[C@H]1c1c([nH]c3ccccc13)C2. The Morgan fingerprint density at radius 2 is 2.25 bits per heavy atom. The molecule has 0 saturated carbocycles. The van der Waals surface area contributed by atoms with Crippen molar-refractivity contribution in [3.8, 4) is 0 Å². The Hall–Kier alpha value is -1.77. The van der Waals surface area contributed by atoms with Gasteiger partial charge in [0.1, 0.15) is 0 Å². The molecule has 104 valence electrons. The van der Waals surface area contributed by atoms with Crippen molar-refractivity contribution in [3.63, 3.8) is 0 Å². The summed E-state index contributed by atoms with van der Waals surface area (Å²) in [5, 5.41) is 1.30. The Kier molecular flexibility index (Phi) is 2.62. The summed E-state index contributed by atoms with van der Waals surface area (Å²) in [4.78, 5) is 17.1. The van der Waals surface area contributed by atoms with Gasteiger partial charge in [-0.15, -0.1) is 0 Å². The highest BCUT2D eigenvalue weighted by atomic mass is 16.1. The third kappa shape index (κ3) is 1.49. The van der Waals surface area contributed by atoms with Crippen LogP contribution in [-0.4, -0.2) is 22.8 Å². The highest BCUT2D eigenvalue weighted by Gasteiger charge is 2.43. The van der Waals surface area contributed by atoms with Gasteiger partial charge >= 0.3 is 0 Å². The standard InChI is InChI=1S/C17H20N2O/c1-2-12-11-7-8-19(10-20)17(12)16-13-5-3-4-6-14(13)18-15(16)9-11/h3-6,10-12,17-18H,2,7-9H2,1H3/t11-,12+,17-/m1/s1. The molecule has 3 atom stereocenters. The van der Waals surface area contributed by atoms with Crippen molar-refractivity contribution in [2.24, 2.45) is 11.8 Å². The van der Waals surface area contributed by atoms with Gasteiger partial charge in [0.05, 0.1) is 6.04 Å². The summed E-state index contributed by atoms with van der Waals surface area (Å²) in [6, 6.07) is 8.78. The van der Waals surface area contributed by atoms with Gasteiger partial charge in [0.25, 0.3) is 0 Å². The molecule has 1 fully saturated rings. The lowest BCUT2D eigenvalue weighted by Crippen LogP contribution is -2.46. The van der Waals surface area contributed by atoms with E-state index in [1.54, 1.807) is 0 Å². The monoisotopic (exact) mass is 268 g/mol. The van der Waals surface area contributed by atoms with Crippen molar-refractivity contribution in [2.45, 2.75) is 32.2 Å². The smallest absolute Gasteiger partial charge is 0.210 e. The van der Waals surface area contributed by atoms with Crippen molar-refractivity contribution < 1.29 is 4.79 Å². The lowest BCUT2D eigenvalue weighted by Gasteiger charge is -2.47. The number of nitrogens with one attached hydrogen (secondary N) is 1. The van der Waals surface area contributed by atoms with Crippen LogP contribution in [-0.2, 0) is 11.2 Å². The van der Waals surface area contributed by atoms with Crippen LogP contribution in [0.15, 0.2) is 24.3 Å². The lowest BCUT2D eigenvalue weighted by molar-refractivity contribution is -0.125. The minimum Gasteiger partial charge on any atom is -0.358 e. The molecule has 1 saturated heterocycles. The number of hydrogen-bond acceptors (Lipinski definition) is 1. The Bertz CT molecular complexity index is 660. The maximum absolute atomic E-state index is 11.5. The number of carbonyl (C=O) groups is 1. The molecule has 3 nitrogen and oxygen atoms in total. The number of hydrogen-bond donors (Lipinski definition) is 1. The first-order valence-electron chi connectivity index (χ1n) is 7.64. The zero-order valence-electron chi connectivity index (χ0n) is 11.8. The van der Waals surface area contributed by atoms with E-state index >= 15 is 0 Å². The number of carbonyl (C=O) groups excluding carboxylic acids is 1. The van der Waals surface area contributed by atoms with E-state index in [9.17, 15) is 4.79 Å². The molecule has 1 aromatic heterocycles. The third-order valence-corrected chi connectivity index (χ3v) is 5.32. The maximum Gasteiger partial charge on any atom is 0.210 e. The fourth-order valence-electron chi connectivity index (χ4n) is 4.46. The minimum atomic E-state index is 0.274. The van der Waals surface area contributed by atoms with Crippen LogP contribution in [0.4, 0.5) is 0 Å². The summed E-state index contributed by atoms with van der Waals surface area (Å²) in [6.07, 6.45) is 4.49. The lowest BCUT2D eigenvalue weighted by atomic mass is 9.68. The van der Waals surface area contributed by atoms with Crippen LogP contribution in [0.2, 0.25) is 0 Å². The maximum atomic E-state index is 11.5. The summed E-state index contributed by atoms with van der Waals surface area (Å²) in [6.45, 7) is 3.17. The Morgan fingerprint density at radius 3 is 3.05 bits per heavy atom. The van der Waals surface area contributed by atoms with Crippen molar-refractivity contribution >= 4 is 17.3 Å². The molecule has 2 aliphatic rings. The first-order chi connectivity index (χ1) is 9.83. The Balaban J connectivity index is 1.96. The second-order valence-electron chi connectivity index (χ2n) is 6.18. The molecule has 1 N–H and O–H groups in total. The summed E-state index contributed by atoms with van der Waals surface area (Å²) in [5.41, 5.74) is 3.96. The summed E-state index contributed by atoms with van der Waals surface area (Å²) < 4.78 is 0. The van der Waals surface area contributed by atoms with Crippen molar-refractivity contribution in [3.05, 3.63) is 35.5 Å². The molecule has 1 aromatic carbocycles. The first kappa shape index (κ1) is 12.0. The fraction of sp³-hybridized carbons (Fsp3) is 0.471. The Labute approximate surface area is 119 Å². The molecule has 0 spiro atoms. The van der Waals surface area contributed by atoms with Gasteiger partial charge in [0, 0.05) is 28.7 Å².